The molecule has 0 bridgehead atoms. The predicted octanol–water partition coefficient (Wildman–Crippen LogP) is 13.7. The number of nitrogens with zero attached hydrogens (tertiary/aromatic N) is 4. The minimum absolute atomic E-state index is 0.635. The van der Waals surface area contributed by atoms with Gasteiger partial charge in [0.15, 0.2) is 17.5 Å². The van der Waals surface area contributed by atoms with Crippen LogP contribution in [-0.4, -0.2) is 19.5 Å². The molecule has 0 unspecified atom stereocenters. The molecule has 0 radical (unpaired) electrons. The molecular formula is C51H32N4S. The van der Waals surface area contributed by atoms with Crippen molar-refractivity contribution in [3.8, 4) is 62.1 Å². The molecule has 0 aliphatic heterocycles. The molecule has 56 heavy (non-hydrogen) atoms. The molecule has 5 heteroatoms. The topological polar surface area (TPSA) is 43.6 Å². The van der Waals surface area contributed by atoms with Crippen molar-refractivity contribution in [1.29, 1.82) is 0 Å². The van der Waals surface area contributed by atoms with Crippen LogP contribution in [0.15, 0.2) is 194 Å². The number of hydrogen-bond acceptors (Lipinski definition) is 4. The maximum absolute atomic E-state index is 5.23. The van der Waals surface area contributed by atoms with E-state index in [1.54, 1.807) is 0 Å². The molecule has 0 aliphatic carbocycles. The van der Waals surface area contributed by atoms with Crippen LogP contribution in [0, 0.1) is 0 Å². The molecule has 0 saturated carbocycles. The van der Waals surface area contributed by atoms with Gasteiger partial charge < -0.3 is 4.57 Å². The molecule has 0 N–H and O–H groups in total. The number of thiophene rings is 1. The Hall–Kier alpha value is -7.21. The molecule has 3 aromatic heterocycles. The summed E-state index contributed by atoms with van der Waals surface area (Å²) in [5.74, 6) is 1.92. The Morgan fingerprint density at radius 2 is 0.964 bits per heavy atom. The van der Waals surface area contributed by atoms with Crippen LogP contribution in [0.3, 0.4) is 0 Å². The highest BCUT2D eigenvalue weighted by Crippen LogP contribution is 2.47. The van der Waals surface area contributed by atoms with Gasteiger partial charge in [-0.05, 0) is 58.7 Å². The molecule has 11 aromatic rings. The Bertz CT molecular complexity index is 3170. The average Bonchev–Trinajstić information content (AvgIpc) is 3.83. The van der Waals surface area contributed by atoms with Crippen LogP contribution >= 0.6 is 11.3 Å². The van der Waals surface area contributed by atoms with Crippen molar-refractivity contribution in [2.24, 2.45) is 0 Å². The third-order valence-corrected chi connectivity index (χ3v) is 11.9. The Kier molecular flexibility index (Phi) is 7.64. The fourth-order valence-corrected chi connectivity index (χ4v) is 9.40. The number of fused-ring (bicyclic) bond motifs is 7. The number of aromatic nitrogens is 4. The zero-order chi connectivity index (χ0) is 37.0. The lowest BCUT2D eigenvalue weighted by atomic mass is 9.91. The highest BCUT2D eigenvalue weighted by Gasteiger charge is 2.22. The number of hydrogen-bond donors (Lipinski definition) is 0. The molecule has 0 fully saturated rings. The molecule has 0 aliphatic rings. The van der Waals surface area contributed by atoms with Crippen LogP contribution in [0.4, 0.5) is 0 Å². The van der Waals surface area contributed by atoms with E-state index in [9.17, 15) is 0 Å². The molecule has 262 valence electrons. The second-order valence-corrected chi connectivity index (χ2v) is 15.0. The first-order chi connectivity index (χ1) is 27.8. The highest BCUT2D eigenvalue weighted by atomic mass is 32.1. The molecule has 0 spiro atoms. The summed E-state index contributed by atoms with van der Waals surface area (Å²) in [5, 5.41) is 5.02. The van der Waals surface area contributed by atoms with Gasteiger partial charge in [0.1, 0.15) is 0 Å². The standard InChI is InChI=1S/C51H32N4S/c1-5-16-33(17-6-1)36-28-29-38(42(32-36)51-53-49(34-18-7-2-8-19-34)52-50(54-51)35-20-9-3-10-21-35)39-25-15-27-45-46(39)41-30-31-44-47(48(41)56-45)40-24-13-14-26-43(40)55(44)37-22-11-4-12-23-37/h1-32H. The predicted molar refractivity (Wildman–Crippen MR) is 234 cm³/mol. The normalized spacial score (nSPS) is 11.6. The van der Waals surface area contributed by atoms with Gasteiger partial charge in [0.05, 0.1) is 11.0 Å². The van der Waals surface area contributed by atoms with E-state index in [0.29, 0.717) is 17.5 Å². The molecule has 3 heterocycles. The molecule has 4 nitrogen and oxygen atoms in total. The first kappa shape index (κ1) is 32.2. The summed E-state index contributed by atoms with van der Waals surface area (Å²) in [4.78, 5) is 15.5. The summed E-state index contributed by atoms with van der Waals surface area (Å²) in [6.07, 6.45) is 0. The minimum Gasteiger partial charge on any atom is -0.309 e. The van der Waals surface area contributed by atoms with Gasteiger partial charge in [0.2, 0.25) is 0 Å². The third kappa shape index (κ3) is 5.32. The molecule has 0 amide bonds. The van der Waals surface area contributed by atoms with E-state index in [1.165, 1.54) is 42.0 Å². The maximum Gasteiger partial charge on any atom is 0.164 e. The Morgan fingerprint density at radius 3 is 1.66 bits per heavy atom. The highest BCUT2D eigenvalue weighted by molar-refractivity contribution is 7.27. The fourth-order valence-electron chi connectivity index (χ4n) is 8.12. The van der Waals surface area contributed by atoms with Gasteiger partial charge in [0, 0.05) is 53.3 Å². The number of para-hydroxylation sites is 2. The van der Waals surface area contributed by atoms with E-state index in [4.69, 9.17) is 15.0 Å². The van der Waals surface area contributed by atoms with Crippen molar-refractivity contribution in [3.05, 3.63) is 194 Å². The SMILES string of the molecule is c1ccc(-c2ccc(-c3cccc4sc5c(ccc6c5c5ccccc5n6-c5ccccc5)c34)c(-c3nc(-c4ccccc4)nc(-c4ccccc4)n3)c2)cc1. The first-order valence-corrected chi connectivity index (χ1v) is 19.6. The first-order valence-electron chi connectivity index (χ1n) is 18.8. The smallest absolute Gasteiger partial charge is 0.164 e. The number of benzene rings is 8. The van der Waals surface area contributed by atoms with E-state index in [-0.39, 0.29) is 0 Å². The summed E-state index contributed by atoms with van der Waals surface area (Å²) in [7, 11) is 0. The van der Waals surface area contributed by atoms with Crippen molar-refractivity contribution in [3.63, 3.8) is 0 Å². The van der Waals surface area contributed by atoms with Gasteiger partial charge in [-0.2, -0.15) is 0 Å². The Morgan fingerprint density at radius 1 is 0.357 bits per heavy atom. The van der Waals surface area contributed by atoms with E-state index < -0.39 is 0 Å². The Balaban J connectivity index is 1.20. The third-order valence-electron chi connectivity index (χ3n) is 10.7. The van der Waals surface area contributed by atoms with Crippen molar-refractivity contribution in [2.45, 2.75) is 0 Å². The monoisotopic (exact) mass is 732 g/mol. The van der Waals surface area contributed by atoms with Crippen LogP contribution < -0.4 is 0 Å². The lowest BCUT2D eigenvalue weighted by molar-refractivity contribution is 1.07. The molecular weight excluding hydrogens is 701 g/mol. The van der Waals surface area contributed by atoms with Crippen LogP contribution in [0.1, 0.15) is 0 Å². The lowest BCUT2D eigenvalue weighted by Gasteiger charge is -2.15. The van der Waals surface area contributed by atoms with Crippen LogP contribution in [-0.2, 0) is 0 Å². The second-order valence-electron chi connectivity index (χ2n) is 14.0. The van der Waals surface area contributed by atoms with E-state index in [2.05, 4.69) is 162 Å². The summed E-state index contributed by atoms with van der Waals surface area (Å²) in [6.45, 7) is 0. The van der Waals surface area contributed by atoms with Crippen LogP contribution in [0.2, 0.25) is 0 Å². The number of rotatable bonds is 6. The van der Waals surface area contributed by atoms with Gasteiger partial charge in [-0.15, -0.1) is 11.3 Å². The van der Waals surface area contributed by atoms with Crippen molar-refractivity contribution in [1.82, 2.24) is 19.5 Å². The van der Waals surface area contributed by atoms with Gasteiger partial charge in [-0.25, -0.2) is 15.0 Å². The Labute approximate surface area is 327 Å². The van der Waals surface area contributed by atoms with Crippen LogP contribution in [0.5, 0.6) is 0 Å². The van der Waals surface area contributed by atoms with Gasteiger partial charge >= 0.3 is 0 Å². The minimum atomic E-state index is 0.635. The fraction of sp³-hybridized carbons (Fsp3) is 0. The molecule has 0 atom stereocenters. The molecule has 0 saturated heterocycles. The van der Waals surface area contributed by atoms with Gasteiger partial charge in [-0.1, -0.05) is 158 Å². The molecule has 11 rings (SSSR count). The van der Waals surface area contributed by atoms with E-state index >= 15 is 0 Å². The van der Waals surface area contributed by atoms with Crippen LogP contribution in [0.25, 0.3) is 104 Å². The summed E-state index contributed by atoms with van der Waals surface area (Å²) >= 11 is 1.87. The van der Waals surface area contributed by atoms with Crippen molar-refractivity contribution >= 4 is 53.3 Å². The van der Waals surface area contributed by atoms with E-state index in [1.807, 2.05) is 47.7 Å². The quantitative estimate of drug-likeness (QED) is 0.171. The lowest BCUT2D eigenvalue weighted by Crippen LogP contribution is -2.01. The summed E-state index contributed by atoms with van der Waals surface area (Å²) < 4.78 is 4.92. The van der Waals surface area contributed by atoms with Crippen molar-refractivity contribution in [2.75, 3.05) is 0 Å². The average molecular weight is 733 g/mol. The summed E-state index contributed by atoms with van der Waals surface area (Å²) in [5.41, 5.74) is 10.9. The van der Waals surface area contributed by atoms with Gasteiger partial charge in [0.25, 0.3) is 0 Å². The molecule has 8 aromatic carbocycles. The summed E-state index contributed by atoms with van der Waals surface area (Å²) in [6, 6.07) is 68.4. The zero-order valence-corrected chi connectivity index (χ0v) is 31.0. The zero-order valence-electron chi connectivity index (χ0n) is 30.2. The van der Waals surface area contributed by atoms with E-state index in [0.717, 1.165) is 44.6 Å². The second kappa shape index (κ2) is 13.3. The maximum atomic E-state index is 5.23. The van der Waals surface area contributed by atoms with Gasteiger partial charge in [-0.3, -0.25) is 0 Å². The largest absolute Gasteiger partial charge is 0.309 e. The van der Waals surface area contributed by atoms with Crippen molar-refractivity contribution < 1.29 is 0 Å².